The van der Waals surface area contributed by atoms with Crippen LogP contribution in [-0.4, -0.2) is 57.9 Å². The van der Waals surface area contributed by atoms with Gasteiger partial charge in [0.15, 0.2) is 6.04 Å². The van der Waals surface area contributed by atoms with E-state index in [1.807, 2.05) is 12.1 Å². The first-order chi connectivity index (χ1) is 18.1. The molecule has 1 saturated carbocycles. The Morgan fingerprint density at radius 1 is 1.11 bits per heavy atom. The smallest absolute Gasteiger partial charge is 0.354 e. The fourth-order valence-electron chi connectivity index (χ4n) is 5.34. The third kappa shape index (κ3) is 5.30. The van der Waals surface area contributed by atoms with Gasteiger partial charge in [-0.05, 0) is 61.4 Å². The number of hydrogen-bond donors (Lipinski definition) is 1. The second-order valence-corrected chi connectivity index (χ2v) is 10.2. The van der Waals surface area contributed by atoms with Crippen LogP contribution in [0.1, 0.15) is 55.7 Å². The number of hydrogen-bond acceptors (Lipinski definition) is 5. The molecule has 2 atom stereocenters. The predicted molar refractivity (Wildman–Crippen MR) is 138 cm³/mol. The van der Waals surface area contributed by atoms with Crippen molar-refractivity contribution < 1.29 is 22.8 Å². The third-order valence-corrected chi connectivity index (χ3v) is 7.42. The lowest BCUT2D eigenvalue weighted by Gasteiger charge is -2.37. The Morgan fingerprint density at radius 2 is 1.84 bits per heavy atom. The number of alkyl halides is 3. The lowest BCUT2D eigenvalue weighted by Crippen LogP contribution is -2.48. The number of amides is 2. The van der Waals surface area contributed by atoms with Gasteiger partial charge in [-0.2, -0.15) is 13.2 Å². The second-order valence-electron chi connectivity index (χ2n) is 10.2. The van der Waals surface area contributed by atoms with Gasteiger partial charge < -0.3 is 15.1 Å². The molecule has 1 saturated heterocycles. The molecule has 3 aromatic rings. The standard InChI is InChI=1S/C28H30F3N5O2/c1-17(37)36-14-4-5-20(16-36)27(38)35(2)26(28(29,30)31)19-9-11-21(12-10-19)34-23-15-33-22-6-3-13-32-25(22)24(23)18-7-8-18/h3,6,9-13,15,18,20,26,34H,4-5,7-8,14,16H2,1-2H3/t20?,26-/m0/s1. The summed E-state index contributed by atoms with van der Waals surface area (Å²) >= 11 is 0. The molecule has 1 aromatic carbocycles. The highest BCUT2D eigenvalue weighted by Crippen LogP contribution is 2.46. The lowest BCUT2D eigenvalue weighted by molar-refractivity contribution is -0.191. The van der Waals surface area contributed by atoms with E-state index in [-0.39, 0.29) is 18.0 Å². The van der Waals surface area contributed by atoms with Crippen molar-refractivity contribution in [2.45, 2.75) is 50.7 Å². The van der Waals surface area contributed by atoms with Crippen LogP contribution in [0.25, 0.3) is 11.0 Å². The minimum Gasteiger partial charge on any atom is -0.354 e. The number of likely N-dealkylation sites (tertiary alicyclic amines) is 1. The number of halogens is 3. The maximum atomic E-state index is 14.2. The van der Waals surface area contributed by atoms with Crippen molar-refractivity contribution in [2.75, 3.05) is 25.5 Å². The molecule has 1 N–H and O–H groups in total. The summed E-state index contributed by atoms with van der Waals surface area (Å²) in [6.45, 7) is 2.07. The van der Waals surface area contributed by atoms with Gasteiger partial charge in [0.1, 0.15) is 0 Å². The van der Waals surface area contributed by atoms with E-state index in [1.165, 1.54) is 31.0 Å². The van der Waals surface area contributed by atoms with Gasteiger partial charge in [0.05, 0.1) is 28.8 Å². The Labute approximate surface area is 219 Å². The Hall–Kier alpha value is -3.69. The van der Waals surface area contributed by atoms with Crippen molar-refractivity contribution in [3.8, 4) is 0 Å². The largest absolute Gasteiger partial charge is 0.413 e. The first-order valence-corrected chi connectivity index (χ1v) is 12.8. The van der Waals surface area contributed by atoms with Crippen LogP contribution in [0.15, 0.2) is 48.8 Å². The normalized spacial score (nSPS) is 18.8. The van der Waals surface area contributed by atoms with Crippen molar-refractivity contribution in [3.63, 3.8) is 0 Å². The number of rotatable bonds is 6. The zero-order valence-corrected chi connectivity index (χ0v) is 21.3. The molecular formula is C28H30F3N5O2. The van der Waals surface area contributed by atoms with E-state index >= 15 is 0 Å². The molecule has 38 heavy (non-hydrogen) atoms. The van der Waals surface area contributed by atoms with Gasteiger partial charge in [0.25, 0.3) is 0 Å². The molecule has 10 heteroatoms. The van der Waals surface area contributed by atoms with Gasteiger partial charge >= 0.3 is 6.18 Å². The van der Waals surface area contributed by atoms with Crippen LogP contribution in [0.4, 0.5) is 24.5 Å². The SMILES string of the molecule is CC(=O)N1CCCC(C(=O)N(C)[C@@H](c2ccc(Nc3cnc4cccnc4c3C3CC3)cc2)C(F)(F)F)C1. The van der Waals surface area contributed by atoms with E-state index < -0.39 is 24.0 Å². The van der Waals surface area contributed by atoms with Crippen LogP contribution < -0.4 is 5.32 Å². The van der Waals surface area contributed by atoms with Crippen LogP contribution in [-0.2, 0) is 9.59 Å². The highest BCUT2D eigenvalue weighted by Gasteiger charge is 2.46. The molecule has 2 aliphatic rings. The highest BCUT2D eigenvalue weighted by molar-refractivity contribution is 5.85. The van der Waals surface area contributed by atoms with Gasteiger partial charge in [-0.3, -0.25) is 19.6 Å². The number of carbonyl (C=O) groups is 2. The fourth-order valence-corrected chi connectivity index (χ4v) is 5.34. The number of anilines is 2. The molecule has 1 aliphatic heterocycles. The van der Waals surface area contributed by atoms with Crippen LogP contribution in [0, 0.1) is 5.92 Å². The number of carbonyl (C=O) groups excluding carboxylic acids is 2. The molecule has 0 bridgehead atoms. The maximum Gasteiger partial charge on any atom is 0.413 e. The number of pyridine rings is 2. The lowest BCUT2D eigenvalue weighted by atomic mass is 9.95. The summed E-state index contributed by atoms with van der Waals surface area (Å²) in [5, 5.41) is 3.31. The first kappa shape index (κ1) is 25.9. The zero-order chi connectivity index (χ0) is 27.0. The molecule has 0 spiro atoms. The summed E-state index contributed by atoms with van der Waals surface area (Å²) in [4.78, 5) is 36.2. The Morgan fingerprint density at radius 3 is 2.50 bits per heavy atom. The van der Waals surface area contributed by atoms with Gasteiger partial charge in [-0.15, -0.1) is 0 Å². The number of nitrogens with one attached hydrogen (secondary N) is 1. The number of nitrogens with zero attached hydrogens (tertiary/aromatic N) is 4. The van der Waals surface area contributed by atoms with Crippen LogP contribution >= 0.6 is 0 Å². The van der Waals surface area contributed by atoms with E-state index in [9.17, 15) is 22.8 Å². The van der Waals surface area contributed by atoms with Gasteiger partial charge in [-0.1, -0.05) is 12.1 Å². The van der Waals surface area contributed by atoms with Gasteiger partial charge in [0.2, 0.25) is 11.8 Å². The Balaban J connectivity index is 1.37. The molecule has 2 fully saturated rings. The van der Waals surface area contributed by atoms with Crippen molar-refractivity contribution in [1.29, 1.82) is 0 Å². The molecule has 1 aliphatic carbocycles. The molecule has 200 valence electrons. The van der Waals surface area contributed by atoms with Gasteiger partial charge in [0, 0.05) is 44.5 Å². The second kappa shape index (κ2) is 10.2. The number of aromatic nitrogens is 2. The van der Waals surface area contributed by atoms with E-state index in [0.717, 1.165) is 40.0 Å². The Kier molecular flexibility index (Phi) is 6.98. The van der Waals surface area contributed by atoms with Crippen LogP contribution in [0.5, 0.6) is 0 Å². The van der Waals surface area contributed by atoms with Crippen LogP contribution in [0.2, 0.25) is 0 Å². The molecule has 7 nitrogen and oxygen atoms in total. The fraction of sp³-hybridized carbons (Fsp3) is 0.429. The predicted octanol–water partition coefficient (Wildman–Crippen LogP) is 5.57. The summed E-state index contributed by atoms with van der Waals surface area (Å²) in [6.07, 6.45) is 1.96. The molecule has 2 amide bonds. The van der Waals surface area contributed by atoms with Crippen molar-refractivity contribution in [3.05, 3.63) is 59.9 Å². The molecule has 5 rings (SSSR count). The quantitative estimate of drug-likeness (QED) is 0.455. The summed E-state index contributed by atoms with van der Waals surface area (Å²) < 4.78 is 42.7. The topological polar surface area (TPSA) is 78.4 Å². The third-order valence-electron chi connectivity index (χ3n) is 7.42. The summed E-state index contributed by atoms with van der Waals surface area (Å²) in [6, 6.07) is 7.63. The van der Waals surface area contributed by atoms with E-state index in [4.69, 9.17) is 0 Å². The van der Waals surface area contributed by atoms with Gasteiger partial charge in [-0.25, -0.2) is 0 Å². The van der Waals surface area contributed by atoms with E-state index in [0.29, 0.717) is 31.0 Å². The van der Waals surface area contributed by atoms with Crippen molar-refractivity contribution in [2.24, 2.45) is 5.92 Å². The molecule has 3 heterocycles. The zero-order valence-electron chi connectivity index (χ0n) is 21.3. The minimum absolute atomic E-state index is 0.0288. The van der Waals surface area contributed by atoms with Crippen LogP contribution in [0.3, 0.4) is 0 Å². The number of fused-ring (bicyclic) bond motifs is 1. The van der Waals surface area contributed by atoms with Crippen molar-refractivity contribution in [1.82, 2.24) is 19.8 Å². The minimum atomic E-state index is -4.67. The molecule has 2 aromatic heterocycles. The average molecular weight is 526 g/mol. The van der Waals surface area contributed by atoms with E-state index in [1.54, 1.807) is 24.5 Å². The molecule has 1 unspecified atom stereocenters. The average Bonchev–Trinajstić information content (AvgIpc) is 3.73. The first-order valence-electron chi connectivity index (χ1n) is 12.8. The maximum absolute atomic E-state index is 14.2. The molecular weight excluding hydrogens is 495 g/mol. The Bertz CT molecular complexity index is 1340. The number of piperidine rings is 1. The molecule has 0 radical (unpaired) electrons. The van der Waals surface area contributed by atoms with Crippen molar-refractivity contribution >= 4 is 34.2 Å². The number of benzene rings is 1. The summed E-state index contributed by atoms with van der Waals surface area (Å²) in [5.74, 6) is -1.06. The monoisotopic (exact) mass is 525 g/mol. The highest BCUT2D eigenvalue weighted by atomic mass is 19.4. The summed E-state index contributed by atoms with van der Waals surface area (Å²) in [5.41, 5.74) is 4.09. The van der Waals surface area contributed by atoms with E-state index in [2.05, 4.69) is 15.3 Å². The summed E-state index contributed by atoms with van der Waals surface area (Å²) in [7, 11) is 1.19.